The molecule has 5 heteroatoms. The third kappa shape index (κ3) is 3.67. The molecule has 1 aromatic heterocycles. The van der Waals surface area contributed by atoms with Crippen molar-refractivity contribution in [1.29, 1.82) is 0 Å². The summed E-state index contributed by atoms with van der Waals surface area (Å²) >= 11 is 6.36. The Morgan fingerprint density at radius 1 is 0.733 bits per heavy atom. The second kappa shape index (κ2) is 8.31. The van der Waals surface area contributed by atoms with Crippen LogP contribution in [-0.2, 0) is 6.54 Å². The van der Waals surface area contributed by atoms with Gasteiger partial charge in [0.15, 0.2) is 0 Å². The van der Waals surface area contributed by atoms with Crippen molar-refractivity contribution >= 4 is 39.1 Å². The van der Waals surface area contributed by atoms with Gasteiger partial charge in [-0.25, -0.2) is 0 Å². The van der Waals surface area contributed by atoms with Crippen molar-refractivity contribution in [3.8, 4) is 0 Å². The minimum atomic E-state index is -0.420. The van der Waals surface area contributed by atoms with Gasteiger partial charge in [0.1, 0.15) is 0 Å². The highest BCUT2D eigenvalue weighted by Gasteiger charge is 2.21. The molecule has 154 valence electrons. The number of nitrogens with zero attached hydrogens (tertiary/aromatic N) is 3. The lowest BCUT2D eigenvalue weighted by molar-refractivity contribution is 0.0969. The second-order valence-electron chi connectivity index (χ2n) is 8.04. The van der Waals surface area contributed by atoms with Crippen LogP contribution in [0.5, 0.6) is 0 Å². The van der Waals surface area contributed by atoms with Crippen molar-refractivity contribution in [3.05, 3.63) is 77.8 Å². The Morgan fingerprint density at radius 3 is 1.93 bits per heavy atom. The van der Waals surface area contributed by atoms with Crippen LogP contribution >= 0.6 is 11.6 Å². The van der Waals surface area contributed by atoms with Gasteiger partial charge in [-0.2, -0.15) is 0 Å². The summed E-state index contributed by atoms with van der Waals surface area (Å²) < 4.78 is 2.26. The third-order valence-electron chi connectivity index (χ3n) is 6.11. The normalized spacial score (nSPS) is 16.4. The number of β-amino-alcohol motifs (C(OH)–C–C–N with tert-alkyl or cyclic N) is 1. The van der Waals surface area contributed by atoms with Crippen LogP contribution in [-0.4, -0.2) is 53.4 Å². The molecule has 2 heterocycles. The fourth-order valence-electron chi connectivity index (χ4n) is 4.65. The van der Waals surface area contributed by atoms with Crippen LogP contribution in [0.25, 0.3) is 21.8 Å². The largest absolute Gasteiger partial charge is 0.390 e. The summed E-state index contributed by atoms with van der Waals surface area (Å²) in [6, 6.07) is 24.9. The molecule has 1 saturated heterocycles. The summed E-state index contributed by atoms with van der Waals surface area (Å²) in [5, 5.41) is 14.2. The van der Waals surface area contributed by atoms with E-state index < -0.39 is 6.10 Å². The Kier molecular flexibility index (Phi) is 5.38. The number of hydrogen-bond acceptors (Lipinski definition) is 3. The summed E-state index contributed by atoms with van der Waals surface area (Å²) in [5.74, 6) is 0. The average molecular weight is 420 g/mol. The van der Waals surface area contributed by atoms with Crippen LogP contribution in [0, 0.1) is 0 Å². The van der Waals surface area contributed by atoms with Crippen molar-refractivity contribution in [2.75, 3.05) is 37.6 Å². The Hall–Kier alpha value is -2.53. The number of hydrogen-bond donors (Lipinski definition) is 1. The maximum absolute atomic E-state index is 10.9. The molecule has 1 fully saturated rings. The molecule has 4 aromatic rings. The third-order valence-corrected chi connectivity index (χ3v) is 6.43. The van der Waals surface area contributed by atoms with E-state index in [9.17, 15) is 5.11 Å². The van der Waals surface area contributed by atoms with E-state index >= 15 is 0 Å². The molecule has 0 unspecified atom stereocenters. The molecule has 3 aromatic carbocycles. The molecule has 4 nitrogen and oxygen atoms in total. The highest BCUT2D eigenvalue weighted by molar-refractivity contribution is 6.33. The molecule has 1 N–H and O–H groups in total. The first-order chi connectivity index (χ1) is 14.7. The predicted molar refractivity (Wildman–Crippen MR) is 126 cm³/mol. The van der Waals surface area contributed by atoms with Gasteiger partial charge in [0.2, 0.25) is 0 Å². The van der Waals surface area contributed by atoms with E-state index in [1.54, 1.807) is 0 Å². The summed E-state index contributed by atoms with van der Waals surface area (Å²) in [6.45, 7) is 4.97. The molecule has 1 atom stereocenters. The van der Waals surface area contributed by atoms with Crippen LogP contribution < -0.4 is 4.90 Å². The lowest BCUT2D eigenvalue weighted by atomic mass is 10.2. The van der Waals surface area contributed by atoms with Crippen LogP contribution in [0.4, 0.5) is 5.69 Å². The number of anilines is 1. The fraction of sp³-hybridized carbons (Fsp3) is 0.280. The van der Waals surface area contributed by atoms with Gasteiger partial charge in [-0.1, -0.05) is 60.1 Å². The first kappa shape index (κ1) is 19.4. The molecule has 0 bridgehead atoms. The van der Waals surface area contributed by atoms with Crippen molar-refractivity contribution in [1.82, 2.24) is 9.47 Å². The van der Waals surface area contributed by atoms with Crippen LogP contribution in [0.3, 0.4) is 0 Å². The summed E-state index contributed by atoms with van der Waals surface area (Å²) in [4.78, 5) is 4.68. The quantitative estimate of drug-likeness (QED) is 0.511. The highest BCUT2D eigenvalue weighted by Crippen LogP contribution is 2.29. The van der Waals surface area contributed by atoms with Gasteiger partial charge < -0.3 is 14.6 Å². The number of aromatic nitrogens is 1. The first-order valence-electron chi connectivity index (χ1n) is 10.6. The zero-order valence-corrected chi connectivity index (χ0v) is 17.7. The minimum Gasteiger partial charge on any atom is -0.390 e. The fourth-order valence-corrected chi connectivity index (χ4v) is 4.90. The minimum absolute atomic E-state index is 0.420. The lowest BCUT2D eigenvalue weighted by Crippen LogP contribution is -2.49. The van der Waals surface area contributed by atoms with Gasteiger partial charge >= 0.3 is 0 Å². The first-order valence-corrected chi connectivity index (χ1v) is 10.9. The molecular formula is C25H26ClN3O. The van der Waals surface area contributed by atoms with E-state index in [-0.39, 0.29) is 0 Å². The van der Waals surface area contributed by atoms with Crippen LogP contribution in [0.1, 0.15) is 0 Å². The SMILES string of the molecule is O[C@@H](CN1CCN(c2ccccc2Cl)CC1)Cn1c2ccccc2c2ccccc21. The maximum atomic E-state index is 10.9. The molecule has 5 rings (SSSR count). The standard InChI is InChI=1S/C25H26ClN3O/c26-22-9-3-6-12-25(22)28-15-13-27(14-16-28)17-19(30)18-29-23-10-4-1-7-20(23)21-8-2-5-11-24(21)29/h1-12,19,30H,13-18H2/t19-/m0/s1. The van der Waals surface area contributed by atoms with Gasteiger partial charge in [-0.3, -0.25) is 4.90 Å². The van der Waals surface area contributed by atoms with E-state index in [0.29, 0.717) is 13.1 Å². The summed E-state index contributed by atoms with van der Waals surface area (Å²) in [6.07, 6.45) is -0.420. The molecule has 1 aliphatic rings. The molecule has 0 radical (unpaired) electrons. The van der Waals surface area contributed by atoms with E-state index in [1.807, 2.05) is 18.2 Å². The second-order valence-corrected chi connectivity index (χ2v) is 8.44. The van der Waals surface area contributed by atoms with E-state index in [4.69, 9.17) is 11.6 Å². The van der Waals surface area contributed by atoms with Crippen molar-refractivity contribution in [2.45, 2.75) is 12.6 Å². The molecule has 1 aliphatic heterocycles. The molecular weight excluding hydrogens is 394 g/mol. The summed E-state index contributed by atoms with van der Waals surface area (Å²) in [7, 11) is 0. The van der Waals surface area contributed by atoms with Gasteiger partial charge in [0.25, 0.3) is 0 Å². The van der Waals surface area contributed by atoms with Gasteiger partial charge in [-0.15, -0.1) is 0 Å². The zero-order chi connectivity index (χ0) is 20.5. The highest BCUT2D eigenvalue weighted by atomic mass is 35.5. The predicted octanol–water partition coefficient (Wildman–Crippen LogP) is 4.63. The van der Waals surface area contributed by atoms with E-state index in [0.717, 1.165) is 36.9 Å². The smallest absolute Gasteiger partial charge is 0.0845 e. The Balaban J connectivity index is 1.27. The lowest BCUT2D eigenvalue weighted by Gasteiger charge is -2.37. The molecule has 0 aliphatic carbocycles. The van der Waals surface area contributed by atoms with Gasteiger partial charge in [0, 0.05) is 54.5 Å². The zero-order valence-electron chi connectivity index (χ0n) is 16.9. The topological polar surface area (TPSA) is 31.6 Å². The van der Waals surface area contributed by atoms with E-state index in [1.165, 1.54) is 21.8 Å². The number of piperazine rings is 1. The van der Waals surface area contributed by atoms with Crippen LogP contribution in [0.15, 0.2) is 72.8 Å². The Labute approximate surface area is 181 Å². The summed E-state index contributed by atoms with van der Waals surface area (Å²) in [5.41, 5.74) is 3.47. The van der Waals surface area contributed by atoms with Crippen molar-refractivity contribution < 1.29 is 5.11 Å². The Bertz CT molecular complexity index is 1110. The maximum Gasteiger partial charge on any atom is 0.0845 e. The molecule has 0 amide bonds. The van der Waals surface area contributed by atoms with Gasteiger partial charge in [0.05, 0.1) is 23.4 Å². The number of aliphatic hydroxyl groups is 1. The monoisotopic (exact) mass is 419 g/mol. The number of rotatable bonds is 5. The van der Waals surface area contributed by atoms with Crippen molar-refractivity contribution in [2.24, 2.45) is 0 Å². The molecule has 0 spiro atoms. The average Bonchev–Trinajstić information content (AvgIpc) is 3.09. The van der Waals surface area contributed by atoms with E-state index in [2.05, 4.69) is 69.0 Å². The number of fused-ring (bicyclic) bond motifs is 3. The Morgan fingerprint density at radius 2 is 1.30 bits per heavy atom. The number of halogens is 1. The number of benzene rings is 3. The molecule has 30 heavy (non-hydrogen) atoms. The van der Waals surface area contributed by atoms with Gasteiger partial charge in [-0.05, 0) is 24.3 Å². The molecule has 0 saturated carbocycles. The van der Waals surface area contributed by atoms with Crippen LogP contribution in [0.2, 0.25) is 5.02 Å². The number of para-hydroxylation sites is 3. The van der Waals surface area contributed by atoms with Crippen molar-refractivity contribution in [3.63, 3.8) is 0 Å². The number of aliphatic hydroxyl groups excluding tert-OH is 1.